The maximum Gasteiger partial charge on any atom is 0.0808 e. The maximum absolute atomic E-state index is 4.58. The average Bonchev–Trinajstić information content (AvgIpc) is 2.90. The molecule has 90 valence electrons. The highest BCUT2D eigenvalue weighted by atomic mass is 32.1. The van der Waals surface area contributed by atoms with E-state index in [-0.39, 0.29) is 0 Å². The molecule has 0 unspecified atom stereocenters. The van der Waals surface area contributed by atoms with Crippen molar-refractivity contribution >= 4 is 32.2 Å². The molecule has 0 spiro atoms. The number of nitrogens with zero attached hydrogens (tertiary/aromatic N) is 1. The van der Waals surface area contributed by atoms with Crippen LogP contribution in [0.25, 0.3) is 31.4 Å². The Morgan fingerprint density at radius 2 is 1.47 bits per heavy atom. The van der Waals surface area contributed by atoms with E-state index in [9.17, 15) is 0 Å². The monoisotopic (exact) mass is 261 g/mol. The van der Waals surface area contributed by atoms with Crippen molar-refractivity contribution < 1.29 is 0 Å². The lowest BCUT2D eigenvalue weighted by atomic mass is 10.1. The molecule has 0 amide bonds. The van der Waals surface area contributed by atoms with E-state index >= 15 is 0 Å². The SMILES string of the molecule is c1ccc2cc(-c3cc4ccccc4s3)ncc2c1. The third-order valence-electron chi connectivity index (χ3n) is 3.31. The Morgan fingerprint density at radius 3 is 2.32 bits per heavy atom. The molecule has 2 heteroatoms. The van der Waals surface area contributed by atoms with E-state index in [2.05, 4.69) is 59.6 Å². The summed E-state index contributed by atoms with van der Waals surface area (Å²) in [4.78, 5) is 5.81. The number of thiophene rings is 1. The molecule has 0 aliphatic carbocycles. The van der Waals surface area contributed by atoms with Gasteiger partial charge in [0.15, 0.2) is 0 Å². The standard InChI is InChI=1S/C17H11NS/c1-2-7-14-11-18-15(9-12(14)5-1)17-10-13-6-3-4-8-16(13)19-17/h1-11H. The molecular formula is C17H11NS. The molecule has 0 atom stereocenters. The summed E-state index contributed by atoms with van der Waals surface area (Å²) in [7, 11) is 0. The first kappa shape index (κ1) is 10.7. The van der Waals surface area contributed by atoms with Gasteiger partial charge in [-0.2, -0.15) is 0 Å². The van der Waals surface area contributed by atoms with Gasteiger partial charge in [0.25, 0.3) is 0 Å². The van der Waals surface area contributed by atoms with Crippen molar-refractivity contribution in [2.45, 2.75) is 0 Å². The zero-order valence-corrected chi connectivity index (χ0v) is 11.0. The number of aromatic nitrogens is 1. The van der Waals surface area contributed by atoms with Gasteiger partial charge >= 0.3 is 0 Å². The van der Waals surface area contributed by atoms with E-state index in [0.717, 1.165) is 5.69 Å². The van der Waals surface area contributed by atoms with Gasteiger partial charge in [-0.05, 0) is 29.0 Å². The zero-order chi connectivity index (χ0) is 12.7. The Morgan fingerprint density at radius 1 is 0.737 bits per heavy atom. The van der Waals surface area contributed by atoms with Gasteiger partial charge in [-0.3, -0.25) is 4.98 Å². The summed E-state index contributed by atoms with van der Waals surface area (Å²) in [5.41, 5.74) is 1.06. The first-order valence-electron chi connectivity index (χ1n) is 6.24. The van der Waals surface area contributed by atoms with Crippen molar-refractivity contribution in [3.63, 3.8) is 0 Å². The van der Waals surface area contributed by atoms with Crippen LogP contribution in [0.1, 0.15) is 0 Å². The highest BCUT2D eigenvalue weighted by Crippen LogP contribution is 2.33. The number of benzene rings is 2. The topological polar surface area (TPSA) is 12.9 Å². The Bertz CT molecular complexity index is 843. The summed E-state index contributed by atoms with van der Waals surface area (Å²) in [5, 5.41) is 3.72. The second-order valence-corrected chi connectivity index (χ2v) is 5.65. The Kier molecular flexibility index (Phi) is 2.35. The number of pyridine rings is 1. The Labute approximate surface area is 115 Å². The van der Waals surface area contributed by atoms with Gasteiger partial charge in [-0.25, -0.2) is 0 Å². The van der Waals surface area contributed by atoms with Crippen LogP contribution in [0, 0.1) is 0 Å². The summed E-state index contributed by atoms with van der Waals surface area (Å²) in [6.07, 6.45) is 1.95. The highest BCUT2D eigenvalue weighted by Gasteiger charge is 2.05. The molecule has 0 saturated carbocycles. The molecule has 0 radical (unpaired) electrons. The van der Waals surface area contributed by atoms with Crippen LogP contribution in [0.2, 0.25) is 0 Å². The van der Waals surface area contributed by atoms with Crippen LogP contribution < -0.4 is 0 Å². The molecule has 0 aliphatic rings. The fourth-order valence-electron chi connectivity index (χ4n) is 2.33. The molecule has 19 heavy (non-hydrogen) atoms. The molecule has 2 aromatic heterocycles. The number of hydrogen-bond donors (Lipinski definition) is 0. The molecular weight excluding hydrogens is 250 g/mol. The van der Waals surface area contributed by atoms with Gasteiger partial charge < -0.3 is 0 Å². The van der Waals surface area contributed by atoms with Crippen molar-refractivity contribution in [1.29, 1.82) is 0 Å². The van der Waals surface area contributed by atoms with E-state index in [1.54, 1.807) is 11.3 Å². The number of fused-ring (bicyclic) bond motifs is 2. The van der Waals surface area contributed by atoms with Gasteiger partial charge in [-0.1, -0.05) is 42.5 Å². The average molecular weight is 261 g/mol. The highest BCUT2D eigenvalue weighted by molar-refractivity contribution is 7.22. The summed E-state index contributed by atoms with van der Waals surface area (Å²) >= 11 is 1.80. The van der Waals surface area contributed by atoms with Gasteiger partial charge in [0.05, 0.1) is 10.6 Å². The molecule has 0 N–H and O–H groups in total. The lowest BCUT2D eigenvalue weighted by molar-refractivity contribution is 1.37. The van der Waals surface area contributed by atoms with Crippen LogP contribution in [0.4, 0.5) is 0 Å². The van der Waals surface area contributed by atoms with E-state index in [1.165, 1.54) is 25.7 Å². The molecule has 0 fully saturated rings. The predicted octanol–water partition coefficient (Wildman–Crippen LogP) is 5.12. The quantitative estimate of drug-likeness (QED) is 0.463. The fraction of sp³-hybridized carbons (Fsp3) is 0. The van der Waals surface area contributed by atoms with Crippen molar-refractivity contribution in [1.82, 2.24) is 4.98 Å². The summed E-state index contributed by atoms with van der Waals surface area (Å²) < 4.78 is 1.31. The first-order valence-corrected chi connectivity index (χ1v) is 7.05. The third kappa shape index (κ3) is 1.81. The van der Waals surface area contributed by atoms with Crippen LogP contribution in [-0.2, 0) is 0 Å². The molecule has 0 saturated heterocycles. The van der Waals surface area contributed by atoms with Gasteiger partial charge in [0.1, 0.15) is 0 Å². The Balaban J connectivity index is 1.93. The van der Waals surface area contributed by atoms with Crippen LogP contribution in [0.3, 0.4) is 0 Å². The summed E-state index contributed by atoms with van der Waals surface area (Å²) in [6.45, 7) is 0. The van der Waals surface area contributed by atoms with E-state index < -0.39 is 0 Å². The van der Waals surface area contributed by atoms with Crippen molar-refractivity contribution in [3.8, 4) is 10.6 Å². The fourth-order valence-corrected chi connectivity index (χ4v) is 3.36. The van der Waals surface area contributed by atoms with Gasteiger partial charge in [0.2, 0.25) is 0 Å². The lowest BCUT2D eigenvalue weighted by Crippen LogP contribution is -1.80. The van der Waals surface area contributed by atoms with Crippen molar-refractivity contribution in [3.05, 3.63) is 66.9 Å². The normalized spacial score (nSPS) is 11.2. The van der Waals surface area contributed by atoms with Crippen molar-refractivity contribution in [2.75, 3.05) is 0 Å². The van der Waals surface area contributed by atoms with Crippen LogP contribution in [-0.4, -0.2) is 4.98 Å². The summed E-state index contributed by atoms with van der Waals surface area (Å²) in [5.74, 6) is 0. The second-order valence-electron chi connectivity index (χ2n) is 4.57. The predicted molar refractivity (Wildman–Crippen MR) is 82.6 cm³/mol. The summed E-state index contributed by atoms with van der Waals surface area (Å²) in [6, 6.07) is 21.2. The number of hydrogen-bond acceptors (Lipinski definition) is 2. The van der Waals surface area contributed by atoms with Gasteiger partial charge in [0, 0.05) is 16.3 Å². The second kappa shape index (κ2) is 4.18. The molecule has 4 aromatic rings. The smallest absolute Gasteiger partial charge is 0.0808 e. The lowest BCUT2D eigenvalue weighted by Gasteiger charge is -2.00. The minimum absolute atomic E-state index is 1.06. The Hall–Kier alpha value is -2.19. The van der Waals surface area contributed by atoms with E-state index in [0.29, 0.717) is 0 Å². The molecule has 0 aliphatic heterocycles. The van der Waals surface area contributed by atoms with Crippen molar-refractivity contribution in [2.24, 2.45) is 0 Å². The zero-order valence-electron chi connectivity index (χ0n) is 10.2. The molecule has 2 aromatic carbocycles. The molecule has 2 heterocycles. The minimum Gasteiger partial charge on any atom is -0.255 e. The maximum atomic E-state index is 4.58. The molecule has 1 nitrogen and oxygen atoms in total. The van der Waals surface area contributed by atoms with Crippen LogP contribution in [0.5, 0.6) is 0 Å². The van der Waals surface area contributed by atoms with Crippen LogP contribution >= 0.6 is 11.3 Å². The largest absolute Gasteiger partial charge is 0.255 e. The third-order valence-corrected chi connectivity index (χ3v) is 4.45. The van der Waals surface area contributed by atoms with Crippen LogP contribution in [0.15, 0.2) is 66.9 Å². The van der Waals surface area contributed by atoms with E-state index in [4.69, 9.17) is 0 Å². The molecule has 0 bridgehead atoms. The van der Waals surface area contributed by atoms with Gasteiger partial charge in [-0.15, -0.1) is 11.3 Å². The first-order chi connectivity index (χ1) is 9.40. The minimum atomic E-state index is 1.06. The number of rotatable bonds is 1. The molecule has 4 rings (SSSR count). The van der Waals surface area contributed by atoms with E-state index in [1.807, 2.05) is 12.3 Å².